The first kappa shape index (κ1) is 90.2. The van der Waals surface area contributed by atoms with Crippen molar-refractivity contribution in [2.75, 3.05) is 19.8 Å². The zero-order chi connectivity index (χ0) is 88.5. The Hall–Kier alpha value is -14.1. The van der Waals surface area contributed by atoms with Crippen LogP contribution in [0.25, 0.3) is 10.9 Å². The van der Waals surface area contributed by atoms with Gasteiger partial charge in [-0.3, -0.25) is 43.8 Å². The number of guanidine groups is 1. The number of aromatic nitrogens is 3. The molecule has 14 N–H and O–H groups in total. The molecule has 1 aliphatic rings. The molecule has 0 unspecified atom stereocenters. The number of benzene rings is 9. The molecule has 2 aromatic heterocycles. The van der Waals surface area contributed by atoms with Gasteiger partial charge < -0.3 is 82.5 Å². The van der Waals surface area contributed by atoms with Gasteiger partial charge in [0.25, 0.3) is 0 Å². The molecule has 11 aromatic rings. The van der Waals surface area contributed by atoms with Gasteiger partial charge in [0.1, 0.15) is 71.8 Å². The molecule has 0 saturated carbocycles. The van der Waals surface area contributed by atoms with Crippen molar-refractivity contribution in [3.05, 3.63) is 335 Å². The molecule has 12 rings (SSSR count). The Morgan fingerprint density at radius 3 is 1.45 bits per heavy atom. The summed E-state index contributed by atoms with van der Waals surface area (Å²) in [5.41, 5.74) is 9.51. The number of nitrogens with two attached hydrogens (primary N) is 1. The van der Waals surface area contributed by atoms with Crippen LogP contribution in [0, 0.1) is 11.3 Å². The molecule has 27 nitrogen and oxygen atoms in total. The highest BCUT2D eigenvalue weighted by Crippen LogP contribution is 2.43. The number of fused-ring (bicyclic) bond motifs is 1. The number of imidazole rings is 1. The minimum atomic E-state index is -1.80. The Labute approximate surface area is 726 Å². The lowest BCUT2D eigenvalue weighted by Gasteiger charge is -2.37. The summed E-state index contributed by atoms with van der Waals surface area (Å²) in [6.07, 6.45) is 4.83. The number of para-hydroxylation sites is 1. The third-order valence-corrected chi connectivity index (χ3v) is 21.8. The van der Waals surface area contributed by atoms with Gasteiger partial charge >= 0.3 is 5.97 Å². The number of carbonyl (C=O) groups is 9. The van der Waals surface area contributed by atoms with Gasteiger partial charge in [-0.1, -0.05) is 257 Å². The summed E-state index contributed by atoms with van der Waals surface area (Å²) in [6.45, 7) is 8.08. The third kappa shape index (κ3) is 23.8. The lowest BCUT2D eigenvalue weighted by atomic mass is 9.77. The molecule has 9 aromatic carbocycles. The van der Waals surface area contributed by atoms with Crippen LogP contribution in [0.3, 0.4) is 0 Å². The van der Waals surface area contributed by atoms with E-state index in [2.05, 4.69) is 52.8 Å². The Bertz CT molecular complexity index is 5260. The van der Waals surface area contributed by atoms with Gasteiger partial charge in [0.15, 0.2) is 5.96 Å². The van der Waals surface area contributed by atoms with Crippen LogP contribution in [-0.4, -0.2) is 153 Å². The maximum Gasteiger partial charge on any atom is 0.326 e. The molecule has 3 heterocycles. The normalized spacial score (nSPS) is 14.5. The molecule has 0 bridgehead atoms. The van der Waals surface area contributed by atoms with E-state index in [-0.39, 0.29) is 82.3 Å². The number of carbonyl (C=O) groups excluding carboxylic acids is 8. The minimum absolute atomic E-state index is 0.0217. The van der Waals surface area contributed by atoms with E-state index in [0.717, 1.165) is 22.3 Å². The summed E-state index contributed by atoms with van der Waals surface area (Å²) in [5.74, 6) is -7.83. The maximum atomic E-state index is 16.5. The van der Waals surface area contributed by atoms with E-state index >= 15 is 24.0 Å². The first-order valence-corrected chi connectivity index (χ1v) is 42.0. The van der Waals surface area contributed by atoms with E-state index in [1.807, 2.05) is 261 Å². The van der Waals surface area contributed by atoms with Crippen molar-refractivity contribution in [2.45, 2.75) is 158 Å². The number of ether oxygens (including phenoxy) is 3. The van der Waals surface area contributed by atoms with Crippen LogP contribution in [0.4, 0.5) is 0 Å². The van der Waals surface area contributed by atoms with Crippen molar-refractivity contribution >= 4 is 70.1 Å². The van der Waals surface area contributed by atoms with Crippen molar-refractivity contribution in [1.29, 1.82) is 5.41 Å². The molecule has 27 heteroatoms. The van der Waals surface area contributed by atoms with Crippen LogP contribution < -0.4 is 58.3 Å². The van der Waals surface area contributed by atoms with Crippen LogP contribution in [0.1, 0.15) is 122 Å². The fraction of sp³-hybridized carbons (Fsp3) is 0.296. The lowest BCUT2D eigenvalue weighted by molar-refractivity contribution is -0.142. The molecule has 1 aliphatic heterocycles. The SMILES string of the molecule is CC(C)C[C@H](NC(=O)[C@@H](COC(C)(C)C)NC(=O)[C@H](Cc1ccc(OCc2ccccc2)cc1)NC(=O)[C@H](COC(c1ccccc1)(c1ccccc1)c1ccccc1)NC(=O)[C@H](Cc1c[nH]c2ccccc12)NC(=O)[C@H](Cc1cn(C(c2ccccc2)(c2ccccc2)c2ccccc2)cn1)NC(=O)[C@@H]1CCC(=O)N1)C(=O)N[C@@H](CCCNC(=N)N)C(=O)O. The Morgan fingerprint density at radius 2 is 0.960 bits per heavy atom. The molecule has 0 spiro atoms. The molecular weight excluding hydrogens is 1580 g/mol. The molecule has 8 amide bonds. The monoisotopic (exact) mass is 1690 g/mol. The zero-order valence-corrected chi connectivity index (χ0v) is 70.6. The third-order valence-electron chi connectivity index (χ3n) is 21.8. The number of rotatable bonds is 42. The number of carboxylic acid groups (broad SMARTS) is 1. The first-order valence-electron chi connectivity index (χ1n) is 42.0. The second-order valence-electron chi connectivity index (χ2n) is 32.5. The van der Waals surface area contributed by atoms with Gasteiger partial charge in [-0.2, -0.15) is 0 Å². The second kappa shape index (κ2) is 42.6. The number of hydrogen-bond donors (Lipinski definition) is 13. The van der Waals surface area contributed by atoms with Crippen molar-refractivity contribution < 1.29 is 62.5 Å². The van der Waals surface area contributed by atoms with Crippen LogP contribution in [0.15, 0.2) is 280 Å². The Balaban J connectivity index is 0.937. The molecule has 1 fully saturated rings. The fourth-order valence-electron chi connectivity index (χ4n) is 15.6. The molecule has 648 valence electrons. The number of nitrogens with zero attached hydrogens (tertiary/aromatic N) is 2. The second-order valence-corrected chi connectivity index (χ2v) is 32.5. The summed E-state index contributed by atoms with van der Waals surface area (Å²) >= 11 is 0. The van der Waals surface area contributed by atoms with Gasteiger partial charge in [0.2, 0.25) is 47.3 Å². The zero-order valence-electron chi connectivity index (χ0n) is 70.6. The van der Waals surface area contributed by atoms with Crippen LogP contribution in [0.5, 0.6) is 5.75 Å². The predicted molar refractivity (Wildman–Crippen MR) is 475 cm³/mol. The number of aliphatic carboxylic acids is 1. The standard InChI is InChI=1S/C98H108N14O13/c1-64(2)54-80(88(115)105-79(94(121)122)46-29-53-101-95(99)100)106-92(119)84(61-124-96(3,4)5)110-89(116)81(55-65-47-49-75(50-48-65)123-60-66-30-13-6-14-31-66)107-93(120)85(62-125-98(71-38-21-10-22-39-71,72-40-23-11-24-41-72)73-42-25-12-26-43-73)111-90(117)82(56-67-58-102-77-45-28-27-44-76(67)77)108-91(118)83(109-87(114)78-51-52-86(113)104-78)57-74-59-112(63-103-74)97(68-32-15-7-16-33-68,69-34-17-8-18-35-69)70-36-19-9-20-37-70/h6-28,30-45,47-50,58-59,63-64,78-85,102H,29,46,51-57,60-62H2,1-5H3,(H,104,113)(H,105,115)(H,106,119)(H,107,120)(H,108,118)(H,109,114)(H,110,116)(H,111,117)(H,121,122)(H4,99,100,101)/t78-,79-,80-,81-,82-,83-,84+,85-/m0/s1. The van der Waals surface area contributed by atoms with E-state index in [0.29, 0.717) is 50.2 Å². The van der Waals surface area contributed by atoms with E-state index in [1.54, 1.807) is 57.6 Å². The maximum absolute atomic E-state index is 16.5. The Kier molecular flexibility index (Phi) is 30.8. The largest absolute Gasteiger partial charge is 0.489 e. The van der Waals surface area contributed by atoms with Crippen LogP contribution >= 0.6 is 0 Å². The van der Waals surface area contributed by atoms with Gasteiger partial charge in [-0.25, -0.2) is 9.78 Å². The number of amides is 8. The number of hydrogen-bond acceptors (Lipinski definition) is 14. The average molecular weight is 1690 g/mol. The van der Waals surface area contributed by atoms with Crippen molar-refractivity contribution in [3.63, 3.8) is 0 Å². The molecule has 1 saturated heterocycles. The van der Waals surface area contributed by atoms with Crippen molar-refractivity contribution in [2.24, 2.45) is 11.7 Å². The van der Waals surface area contributed by atoms with E-state index in [4.69, 9.17) is 30.3 Å². The number of aromatic amines is 1. The quantitative estimate of drug-likeness (QED) is 0.00732. The molecule has 125 heavy (non-hydrogen) atoms. The number of H-pyrrole nitrogens is 1. The average Bonchev–Trinajstić information content (AvgIpc) is 1.72. The number of carboxylic acids is 1. The van der Waals surface area contributed by atoms with Gasteiger partial charge in [0.05, 0.1) is 30.8 Å². The topological polar surface area (TPSA) is 393 Å². The molecular formula is C98H108N14O13. The highest BCUT2D eigenvalue weighted by atomic mass is 16.5. The lowest BCUT2D eigenvalue weighted by Crippen LogP contribution is -2.62. The van der Waals surface area contributed by atoms with Gasteiger partial charge in [-0.15, -0.1) is 0 Å². The van der Waals surface area contributed by atoms with Crippen molar-refractivity contribution in [1.82, 2.24) is 62.4 Å². The summed E-state index contributed by atoms with van der Waals surface area (Å²) in [6, 6.07) is 69.5. The van der Waals surface area contributed by atoms with Crippen LogP contribution in [-0.2, 0) is 89.6 Å². The van der Waals surface area contributed by atoms with Gasteiger partial charge in [-0.05, 0) is 121 Å². The Morgan fingerprint density at radius 1 is 0.520 bits per heavy atom. The first-order chi connectivity index (χ1) is 60.3. The van der Waals surface area contributed by atoms with Gasteiger partial charge in [0, 0.05) is 55.5 Å². The summed E-state index contributed by atoms with van der Waals surface area (Å²) in [7, 11) is 0. The highest BCUT2D eigenvalue weighted by Gasteiger charge is 2.44. The number of nitrogens with one attached hydrogen (secondary N) is 11. The van der Waals surface area contributed by atoms with E-state index in [1.165, 1.54) is 0 Å². The highest BCUT2D eigenvalue weighted by molar-refractivity contribution is 5.99. The molecule has 0 radical (unpaired) electrons. The summed E-state index contributed by atoms with van der Waals surface area (Å²) in [5, 5.41) is 43.9. The summed E-state index contributed by atoms with van der Waals surface area (Å²) < 4.78 is 21.8. The van der Waals surface area contributed by atoms with E-state index < -0.39 is 126 Å². The minimum Gasteiger partial charge on any atom is -0.489 e. The molecule has 0 aliphatic carbocycles. The van der Waals surface area contributed by atoms with E-state index in [9.17, 15) is 24.3 Å². The van der Waals surface area contributed by atoms with Crippen molar-refractivity contribution in [3.8, 4) is 5.75 Å². The molecule has 8 atom stereocenters. The fourth-order valence-corrected chi connectivity index (χ4v) is 15.6. The van der Waals surface area contributed by atoms with Crippen LogP contribution in [0.2, 0.25) is 0 Å². The smallest absolute Gasteiger partial charge is 0.326 e. The predicted octanol–water partition coefficient (Wildman–Crippen LogP) is 9.70. The summed E-state index contributed by atoms with van der Waals surface area (Å²) in [4.78, 5) is 143.